The van der Waals surface area contributed by atoms with Crippen LogP contribution in [0.3, 0.4) is 0 Å². The van der Waals surface area contributed by atoms with E-state index in [1.165, 1.54) is 31.4 Å². The minimum absolute atomic E-state index is 0.0528. The first kappa shape index (κ1) is 32.1. The Bertz CT molecular complexity index is 2230. The number of anilines is 4. The van der Waals surface area contributed by atoms with Crippen LogP contribution in [0.15, 0.2) is 86.7 Å². The molecular weight excluding hydrogens is 645 g/mol. The number of hydrogen-bond acceptors (Lipinski definition) is 13. The van der Waals surface area contributed by atoms with Crippen LogP contribution in [0.5, 0.6) is 11.5 Å². The number of ether oxygens (including phenoxy) is 1. The molecule has 238 valence electrons. The largest absolute Gasteiger partial charge is 0.505 e. The second-order valence-corrected chi connectivity index (χ2v) is 12.3. The van der Waals surface area contributed by atoms with Crippen LogP contribution in [0.2, 0.25) is 0 Å². The van der Waals surface area contributed by atoms with Gasteiger partial charge in [-0.05, 0) is 59.8 Å². The molecule has 0 aliphatic carbocycles. The maximum absolute atomic E-state index is 14.3. The Hall–Kier alpha value is -5.30. The Morgan fingerprint density at radius 1 is 0.848 bits per heavy atom. The van der Waals surface area contributed by atoms with Crippen molar-refractivity contribution in [3.05, 3.63) is 78.4 Å². The number of halogens is 1. The van der Waals surface area contributed by atoms with Gasteiger partial charge in [-0.1, -0.05) is 25.1 Å². The molecule has 0 aliphatic rings. The normalized spacial score (nSPS) is 12.0. The minimum Gasteiger partial charge on any atom is -0.505 e. The summed E-state index contributed by atoms with van der Waals surface area (Å²) in [6.45, 7) is 1.96. The molecule has 5 rings (SSSR count). The molecule has 0 spiro atoms. The fourth-order valence-electron chi connectivity index (χ4n) is 4.40. The highest BCUT2D eigenvalue weighted by Crippen LogP contribution is 2.42. The molecule has 0 unspecified atom stereocenters. The summed E-state index contributed by atoms with van der Waals surface area (Å²) in [6.07, 6.45) is -0.377. The average molecular weight is 670 g/mol. The SMILES string of the molecule is CCc1ccccc1Nc1nc(F)nc(Nc2ccc3c(O)c(N=Nc4ccc(OC)cc4S(=O)(=O)O)c(S(=O)(=O)O)cc3c2)n1. The van der Waals surface area contributed by atoms with Gasteiger partial charge in [0.2, 0.25) is 11.9 Å². The van der Waals surface area contributed by atoms with Gasteiger partial charge in [0.05, 0.1) is 7.11 Å². The van der Waals surface area contributed by atoms with Crippen molar-refractivity contribution in [2.75, 3.05) is 17.7 Å². The standard InChI is InChI=1S/C28H24FN7O8S2/c1-3-15-6-4-5-7-20(15)31-28-33-26(29)32-27(34-28)30-17-8-10-19-16(12-17)13-23(46(41,42)43)24(25(19)37)36-35-21-11-9-18(44-2)14-22(21)45(38,39)40/h4-14,37H,3H2,1-2H3,(H,38,39,40)(H,41,42,43)(H2,30,31,32,33,34). The van der Waals surface area contributed by atoms with Crippen molar-refractivity contribution >= 4 is 65.7 Å². The number of azo groups is 1. The Balaban J connectivity index is 1.52. The van der Waals surface area contributed by atoms with Crippen LogP contribution < -0.4 is 15.4 Å². The molecule has 5 N–H and O–H groups in total. The van der Waals surface area contributed by atoms with Crippen molar-refractivity contribution in [1.82, 2.24) is 15.0 Å². The lowest BCUT2D eigenvalue weighted by molar-refractivity contribution is 0.412. The van der Waals surface area contributed by atoms with E-state index in [4.69, 9.17) is 4.74 Å². The highest BCUT2D eigenvalue weighted by atomic mass is 32.2. The number of nitrogens with zero attached hydrogens (tertiary/aromatic N) is 5. The van der Waals surface area contributed by atoms with Gasteiger partial charge < -0.3 is 20.5 Å². The highest BCUT2D eigenvalue weighted by molar-refractivity contribution is 7.86. The summed E-state index contributed by atoms with van der Waals surface area (Å²) < 4.78 is 87.2. The molecule has 5 aromatic rings. The Morgan fingerprint density at radius 2 is 1.54 bits per heavy atom. The number of methoxy groups -OCH3 is 1. The number of aromatic hydroxyl groups is 1. The van der Waals surface area contributed by atoms with E-state index in [1.807, 2.05) is 19.1 Å². The highest BCUT2D eigenvalue weighted by Gasteiger charge is 2.23. The molecule has 1 aromatic heterocycles. The lowest BCUT2D eigenvalue weighted by atomic mass is 10.1. The molecule has 18 heteroatoms. The van der Waals surface area contributed by atoms with Crippen molar-refractivity contribution in [2.45, 2.75) is 23.1 Å². The Morgan fingerprint density at radius 3 is 2.22 bits per heavy atom. The van der Waals surface area contributed by atoms with Crippen molar-refractivity contribution in [3.63, 3.8) is 0 Å². The number of aromatic nitrogens is 3. The number of hydrogen-bond donors (Lipinski definition) is 5. The van der Waals surface area contributed by atoms with Crippen LogP contribution in [0.1, 0.15) is 12.5 Å². The Labute approximate surface area is 261 Å². The molecule has 46 heavy (non-hydrogen) atoms. The van der Waals surface area contributed by atoms with Gasteiger partial charge in [-0.2, -0.15) is 36.2 Å². The fourth-order valence-corrected chi connectivity index (χ4v) is 5.70. The third-order valence-corrected chi connectivity index (χ3v) is 8.29. The molecule has 1 heterocycles. The van der Waals surface area contributed by atoms with Crippen LogP contribution in [0.4, 0.5) is 39.0 Å². The zero-order chi connectivity index (χ0) is 33.2. The third kappa shape index (κ3) is 6.99. The zero-order valence-corrected chi connectivity index (χ0v) is 25.5. The summed E-state index contributed by atoms with van der Waals surface area (Å²) in [5.41, 5.74) is 0.734. The van der Waals surface area contributed by atoms with Crippen molar-refractivity contribution in [1.29, 1.82) is 0 Å². The summed E-state index contributed by atoms with van der Waals surface area (Å²) in [4.78, 5) is 9.95. The van der Waals surface area contributed by atoms with Crippen LogP contribution in [-0.4, -0.2) is 53.1 Å². The predicted octanol–water partition coefficient (Wildman–Crippen LogP) is 5.84. The van der Waals surface area contributed by atoms with Crippen molar-refractivity contribution in [3.8, 4) is 11.5 Å². The van der Waals surface area contributed by atoms with Crippen molar-refractivity contribution in [2.24, 2.45) is 10.2 Å². The van der Waals surface area contributed by atoms with Gasteiger partial charge in [0.25, 0.3) is 20.2 Å². The number of aryl methyl sites for hydroxylation is 1. The van der Waals surface area contributed by atoms with Gasteiger partial charge in [-0.25, -0.2) is 0 Å². The van der Waals surface area contributed by atoms with E-state index in [-0.39, 0.29) is 34.1 Å². The van der Waals surface area contributed by atoms with E-state index in [0.717, 1.165) is 23.8 Å². The molecular formula is C28H24FN7O8S2. The van der Waals surface area contributed by atoms with Crippen LogP contribution >= 0.6 is 0 Å². The molecule has 0 atom stereocenters. The third-order valence-electron chi connectivity index (χ3n) is 6.54. The molecule has 4 aromatic carbocycles. The lowest BCUT2D eigenvalue weighted by Crippen LogP contribution is -2.07. The van der Waals surface area contributed by atoms with Gasteiger partial charge in [0.1, 0.15) is 26.9 Å². The number of phenolic OH excluding ortho intramolecular Hbond substituents is 1. The smallest absolute Gasteiger partial charge is 0.315 e. The lowest BCUT2D eigenvalue weighted by Gasteiger charge is -2.12. The maximum Gasteiger partial charge on any atom is 0.315 e. The first-order valence-electron chi connectivity index (χ1n) is 13.1. The van der Waals surface area contributed by atoms with E-state index in [0.29, 0.717) is 12.1 Å². The van der Waals surface area contributed by atoms with Crippen LogP contribution in [0.25, 0.3) is 10.8 Å². The number of fused-ring (bicyclic) bond motifs is 1. The van der Waals surface area contributed by atoms with Crippen LogP contribution in [-0.2, 0) is 26.7 Å². The summed E-state index contributed by atoms with van der Waals surface area (Å²) >= 11 is 0. The molecule has 0 aliphatic heterocycles. The topological polar surface area (TPSA) is 226 Å². The number of nitrogens with one attached hydrogen (secondary N) is 2. The average Bonchev–Trinajstić information content (AvgIpc) is 2.99. The second kappa shape index (κ2) is 12.6. The van der Waals surface area contributed by atoms with Gasteiger partial charge >= 0.3 is 6.08 Å². The molecule has 0 bridgehead atoms. The monoisotopic (exact) mass is 669 g/mol. The maximum atomic E-state index is 14.3. The molecule has 15 nitrogen and oxygen atoms in total. The van der Waals surface area contributed by atoms with Gasteiger partial charge in [-0.15, -0.1) is 10.2 Å². The van der Waals surface area contributed by atoms with E-state index < -0.39 is 53.2 Å². The summed E-state index contributed by atoms with van der Waals surface area (Å²) in [5.74, 6) is -0.930. The zero-order valence-electron chi connectivity index (χ0n) is 23.9. The van der Waals surface area contributed by atoms with Crippen LogP contribution in [0, 0.1) is 6.08 Å². The number of para-hydroxylation sites is 1. The fraction of sp³-hybridized carbons (Fsp3) is 0.107. The molecule has 0 saturated carbocycles. The van der Waals surface area contributed by atoms with Crippen molar-refractivity contribution < 1.29 is 40.2 Å². The summed E-state index contributed by atoms with van der Waals surface area (Å²) in [7, 11) is -8.59. The summed E-state index contributed by atoms with van der Waals surface area (Å²) in [5, 5.41) is 24.3. The molecule has 0 fully saturated rings. The Kier molecular flexibility index (Phi) is 8.79. The summed E-state index contributed by atoms with van der Waals surface area (Å²) in [6, 6.07) is 15.9. The van der Waals surface area contributed by atoms with E-state index >= 15 is 0 Å². The first-order valence-corrected chi connectivity index (χ1v) is 16.0. The quantitative estimate of drug-likeness (QED) is 0.0871. The predicted molar refractivity (Wildman–Crippen MR) is 165 cm³/mol. The molecule has 0 amide bonds. The second-order valence-electron chi connectivity index (χ2n) is 9.50. The number of phenols is 1. The molecule has 0 saturated heterocycles. The number of rotatable bonds is 10. The molecule has 0 radical (unpaired) electrons. The van der Waals surface area contributed by atoms with Gasteiger partial charge in [-0.3, -0.25) is 9.11 Å². The van der Waals surface area contributed by atoms with E-state index in [2.05, 4.69) is 35.8 Å². The van der Waals surface area contributed by atoms with E-state index in [1.54, 1.807) is 12.1 Å². The minimum atomic E-state index is -5.03. The van der Waals surface area contributed by atoms with Gasteiger partial charge in [0, 0.05) is 22.8 Å². The number of benzene rings is 4. The first-order chi connectivity index (χ1) is 21.8. The van der Waals surface area contributed by atoms with Gasteiger partial charge in [0.15, 0.2) is 5.75 Å². The van der Waals surface area contributed by atoms with E-state index in [9.17, 15) is 35.4 Å².